The van der Waals surface area contributed by atoms with Crippen molar-refractivity contribution < 1.29 is 19.0 Å². The highest BCUT2D eigenvalue weighted by Gasteiger charge is 2.26. The Morgan fingerprint density at radius 3 is 2.74 bits per heavy atom. The van der Waals surface area contributed by atoms with Gasteiger partial charge in [0.1, 0.15) is 19.0 Å². The van der Waals surface area contributed by atoms with Gasteiger partial charge in [-0.25, -0.2) is 0 Å². The molecule has 0 saturated carbocycles. The molecule has 1 heterocycles. The van der Waals surface area contributed by atoms with E-state index in [0.29, 0.717) is 24.7 Å². The molecule has 3 rings (SSSR count). The minimum atomic E-state index is -0.636. The molecule has 0 aromatic heterocycles. The van der Waals surface area contributed by atoms with Gasteiger partial charge in [-0.1, -0.05) is 30.3 Å². The monoisotopic (exact) mass is 313 g/mol. The molecule has 0 saturated heterocycles. The van der Waals surface area contributed by atoms with E-state index in [0.717, 1.165) is 11.3 Å². The molecule has 120 valence electrons. The van der Waals surface area contributed by atoms with Crippen LogP contribution in [0.15, 0.2) is 48.5 Å². The second kappa shape index (κ2) is 7.05. The van der Waals surface area contributed by atoms with Crippen LogP contribution in [-0.4, -0.2) is 31.8 Å². The summed E-state index contributed by atoms with van der Waals surface area (Å²) in [6.45, 7) is 3.01. The van der Waals surface area contributed by atoms with Gasteiger partial charge in [-0.15, -0.1) is 0 Å². The Morgan fingerprint density at radius 1 is 1.17 bits per heavy atom. The lowest BCUT2D eigenvalue weighted by molar-refractivity contribution is -0.130. The van der Waals surface area contributed by atoms with Crippen molar-refractivity contribution in [2.45, 2.75) is 13.0 Å². The molecule has 1 aliphatic rings. The first-order chi connectivity index (χ1) is 11.2. The first-order valence-electron chi connectivity index (χ1n) is 7.58. The second-order valence-corrected chi connectivity index (χ2v) is 5.27. The maximum Gasteiger partial charge on any atom is 0.264 e. The molecule has 23 heavy (non-hydrogen) atoms. The fourth-order valence-corrected chi connectivity index (χ4v) is 2.32. The molecular formula is C18H19NO4. The molecule has 1 atom stereocenters. The van der Waals surface area contributed by atoms with E-state index in [1.165, 1.54) is 0 Å². The lowest BCUT2D eigenvalue weighted by Crippen LogP contribution is -2.45. The van der Waals surface area contributed by atoms with E-state index in [2.05, 4.69) is 5.32 Å². The fraction of sp³-hybridized carbons (Fsp3) is 0.278. The number of aryl methyl sites for hydroxylation is 1. The van der Waals surface area contributed by atoms with E-state index in [1.807, 2.05) is 49.4 Å². The maximum absolute atomic E-state index is 12.1. The summed E-state index contributed by atoms with van der Waals surface area (Å²) in [6, 6.07) is 15.1. The van der Waals surface area contributed by atoms with Crippen LogP contribution in [0.4, 0.5) is 0 Å². The van der Waals surface area contributed by atoms with Crippen molar-refractivity contribution in [1.29, 1.82) is 0 Å². The van der Waals surface area contributed by atoms with Gasteiger partial charge in [-0.2, -0.15) is 0 Å². The van der Waals surface area contributed by atoms with Crippen LogP contribution in [0.5, 0.6) is 17.2 Å². The van der Waals surface area contributed by atoms with Crippen molar-refractivity contribution in [3.8, 4) is 17.2 Å². The highest BCUT2D eigenvalue weighted by atomic mass is 16.6. The zero-order chi connectivity index (χ0) is 16.1. The van der Waals surface area contributed by atoms with Crippen LogP contribution < -0.4 is 19.5 Å². The zero-order valence-corrected chi connectivity index (χ0v) is 13.0. The molecule has 0 spiro atoms. The number of carbonyl (C=O) groups is 1. The largest absolute Gasteiger partial charge is 0.491 e. The summed E-state index contributed by atoms with van der Waals surface area (Å²) < 4.78 is 16.8. The lowest BCUT2D eigenvalue weighted by atomic mass is 10.2. The molecule has 1 amide bonds. The van der Waals surface area contributed by atoms with Crippen molar-refractivity contribution in [2.75, 3.05) is 19.8 Å². The number of carbonyl (C=O) groups excluding carboxylic acids is 1. The van der Waals surface area contributed by atoms with Crippen LogP contribution in [0, 0.1) is 6.92 Å². The van der Waals surface area contributed by atoms with Crippen molar-refractivity contribution in [1.82, 2.24) is 5.32 Å². The number of nitrogens with one attached hydrogen (secondary N) is 1. The molecule has 5 heteroatoms. The third-order valence-corrected chi connectivity index (χ3v) is 3.55. The van der Waals surface area contributed by atoms with Crippen molar-refractivity contribution >= 4 is 5.91 Å². The number of fused-ring (bicyclic) bond motifs is 1. The maximum atomic E-state index is 12.1. The average Bonchev–Trinajstić information content (AvgIpc) is 2.59. The van der Waals surface area contributed by atoms with Crippen LogP contribution in [0.25, 0.3) is 0 Å². The first-order valence-corrected chi connectivity index (χ1v) is 7.58. The Morgan fingerprint density at radius 2 is 1.91 bits per heavy atom. The minimum absolute atomic E-state index is 0.201. The third kappa shape index (κ3) is 3.74. The van der Waals surface area contributed by atoms with Gasteiger partial charge in [-0.3, -0.25) is 4.79 Å². The van der Waals surface area contributed by atoms with Crippen LogP contribution >= 0.6 is 0 Å². The van der Waals surface area contributed by atoms with Gasteiger partial charge < -0.3 is 19.5 Å². The van der Waals surface area contributed by atoms with E-state index < -0.39 is 6.10 Å². The fourth-order valence-electron chi connectivity index (χ4n) is 2.32. The normalized spacial score (nSPS) is 15.8. The number of hydrogen-bond acceptors (Lipinski definition) is 4. The number of para-hydroxylation sites is 3. The SMILES string of the molecule is Cc1ccccc1OCCNC(=O)[C@H]1COc2ccccc2O1. The standard InChI is InChI=1S/C18H19NO4/c1-13-6-2-3-7-14(13)21-11-10-19-18(20)17-12-22-15-8-4-5-9-16(15)23-17/h2-9,17H,10-12H2,1H3,(H,19,20)/t17-/m1/s1. The van der Waals surface area contributed by atoms with Gasteiger partial charge in [0.05, 0.1) is 6.54 Å². The molecule has 2 aromatic rings. The summed E-state index contributed by atoms with van der Waals surface area (Å²) >= 11 is 0. The number of benzene rings is 2. The van der Waals surface area contributed by atoms with Crippen LogP contribution in [0.2, 0.25) is 0 Å². The molecule has 0 aliphatic carbocycles. The van der Waals surface area contributed by atoms with Crippen LogP contribution in [0.3, 0.4) is 0 Å². The molecule has 1 aliphatic heterocycles. The van der Waals surface area contributed by atoms with E-state index in [1.54, 1.807) is 6.07 Å². The highest BCUT2D eigenvalue weighted by molar-refractivity contribution is 5.81. The molecule has 0 fully saturated rings. The Bertz CT molecular complexity index is 686. The van der Waals surface area contributed by atoms with Crippen molar-refractivity contribution in [2.24, 2.45) is 0 Å². The van der Waals surface area contributed by atoms with E-state index >= 15 is 0 Å². The van der Waals surface area contributed by atoms with Crippen molar-refractivity contribution in [3.05, 3.63) is 54.1 Å². The Balaban J connectivity index is 1.45. The summed E-state index contributed by atoms with van der Waals surface area (Å²) in [7, 11) is 0. The van der Waals surface area contributed by atoms with Crippen LogP contribution in [0.1, 0.15) is 5.56 Å². The Hall–Kier alpha value is -2.69. The van der Waals surface area contributed by atoms with Crippen LogP contribution in [-0.2, 0) is 4.79 Å². The summed E-state index contributed by atoms with van der Waals surface area (Å²) in [4.78, 5) is 12.1. The zero-order valence-electron chi connectivity index (χ0n) is 13.0. The van der Waals surface area contributed by atoms with Gasteiger partial charge >= 0.3 is 0 Å². The number of ether oxygens (including phenoxy) is 3. The van der Waals surface area contributed by atoms with E-state index in [9.17, 15) is 4.79 Å². The molecule has 0 unspecified atom stereocenters. The lowest BCUT2D eigenvalue weighted by Gasteiger charge is -2.25. The summed E-state index contributed by atoms with van der Waals surface area (Å²) in [5.74, 6) is 1.88. The van der Waals surface area contributed by atoms with E-state index in [-0.39, 0.29) is 12.5 Å². The molecule has 5 nitrogen and oxygen atoms in total. The predicted octanol–water partition coefficient (Wildman–Crippen LogP) is 2.33. The first kappa shape index (κ1) is 15.2. The summed E-state index contributed by atoms with van der Waals surface area (Å²) in [5, 5.41) is 2.80. The molecule has 0 radical (unpaired) electrons. The summed E-state index contributed by atoms with van der Waals surface area (Å²) in [5.41, 5.74) is 1.07. The summed E-state index contributed by atoms with van der Waals surface area (Å²) in [6.07, 6.45) is -0.636. The van der Waals surface area contributed by atoms with Crippen molar-refractivity contribution in [3.63, 3.8) is 0 Å². The van der Waals surface area contributed by atoms with Gasteiger partial charge in [-0.05, 0) is 30.7 Å². The van der Waals surface area contributed by atoms with Gasteiger partial charge in [0.15, 0.2) is 11.5 Å². The smallest absolute Gasteiger partial charge is 0.264 e. The van der Waals surface area contributed by atoms with Gasteiger partial charge in [0.25, 0.3) is 5.91 Å². The third-order valence-electron chi connectivity index (χ3n) is 3.55. The molecular weight excluding hydrogens is 294 g/mol. The predicted molar refractivity (Wildman–Crippen MR) is 86.0 cm³/mol. The molecule has 0 bridgehead atoms. The molecule has 1 N–H and O–H groups in total. The van der Waals surface area contributed by atoms with Gasteiger partial charge in [0.2, 0.25) is 6.10 Å². The number of rotatable bonds is 5. The number of hydrogen-bond donors (Lipinski definition) is 1. The average molecular weight is 313 g/mol. The minimum Gasteiger partial charge on any atom is -0.491 e. The topological polar surface area (TPSA) is 56.8 Å². The quantitative estimate of drug-likeness (QED) is 0.861. The molecule has 2 aromatic carbocycles. The Labute approximate surface area is 135 Å². The van der Waals surface area contributed by atoms with Gasteiger partial charge in [0, 0.05) is 0 Å². The number of amides is 1. The second-order valence-electron chi connectivity index (χ2n) is 5.27. The Kier molecular flexibility index (Phi) is 4.66. The van der Waals surface area contributed by atoms with E-state index in [4.69, 9.17) is 14.2 Å². The highest BCUT2D eigenvalue weighted by Crippen LogP contribution is 2.30.